The molecule has 1 aromatic heterocycles. The van der Waals surface area contributed by atoms with E-state index in [-0.39, 0.29) is 0 Å². The van der Waals surface area contributed by atoms with Gasteiger partial charge in [-0.2, -0.15) is 0 Å². The fourth-order valence-electron chi connectivity index (χ4n) is 2.31. The SMILES string of the molecule is Cc1cccc2[nH]c(=S)n(CCCCOC(C)C)c12. The normalized spacial score (nSPS) is 11.6. The molecule has 1 aromatic carbocycles. The molecular weight excluding hydrogens is 256 g/mol. The van der Waals surface area contributed by atoms with Crippen LogP contribution in [0.4, 0.5) is 0 Å². The highest BCUT2D eigenvalue weighted by atomic mass is 32.1. The molecule has 0 radical (unpaired) electrons. The number of nitrogens with zero attached hydrogens (tertiary/aromatic N) is 1. The van der Waals surface area contributed by atoms with E-state index in [4.69, 9.17) is 17.0 Å². The van der Waals surface area contributed by atoms with E-state index in [2.05, 4.69) is 48.5 Å². The molecule has 19 heavy (non-hydrogen) atoms. The zero-order chi connectivity index (χ0) is 13.8. The monoisotopic (exact) mass is 278 g/mol. The minimum absolute atomic E-state index is 0.317. The lowest BCUT2D eigenvalue weighted by Crippen LogP contribution is -2.05. The summed E-state index contributed by atoms with van der Waals surface area (Å²) in [5.74, 6) is 0. The average Bonchev–Trinajstić information content (AvgIpc) is 2.66. The van der Waals surface area contributed by atoms with Crippen LogP contribution in [0, 0.1) is 11.7 Å². The molecule has 0 fully saturated rings. The topological polar surface area (TPSA) is 29.9 Å². The third kappa shape index (κ3) is 3.45. The Kier molecular flexibility index (Phi) is 4.77. The van der Waals surface area contributed by atoms with Crippen LogP contribution in [0.2, 0.25) is 0 Å². The zero-order valence-corrected chi connectivity index (χ0v) is 12.7. The number of aromatic nitrogens is 2. The van der Waals surface area contributed by atoms with Crippen molar-refractivity contribution in [3.8, 4) is 0 Å². The number of unbranched alkanes of at least 4 members (excludes halogenated alkanes) is 1. The Morgan fingerprint density at radius 2 is 2.11 bits per heavy atom. The Hall–Kier alpha value is -1.13. The van der Waals surface area contributed by atoms with Gasteiger partial charge in [-0.05, 0) is 57.5 Å². The average molecular weight is 278 g/mol. The van der Waals surface area contributed by atoms with Crippen LogP contribution in [0.25, 0.3) is 11.0 Å². The van der Waals surface area contributed by atoms with Gasteiger partial charge in [0.25, 0.3) is 0 Å². The van der Waals surface area contributed by atoms with E-state index >= 15 is 0 Å². The number of nitrogens with one attached hydrogen (secondary N) is 1. The summed E-state index contributed by atoms with van der Waals surface area (Å²) in [5.41, 5.74) is 3.63. The quantitative estimate of drug-likeness (QED) is 0.633. The van der Waals surface area contributed by atoms with E-state index in [1.165, 1.54) is 11.1 Å². The summed E-state index contributed by atoms with van der Waals surface area (Å²) in [6, 6.07) is 6.27. The molecule has 3 nitrogen and oxygen atoms in total. The van der Waals surface area contributed by atoms with Gasteiger partial charge in [0.1, 0.15) is 0 Å². The summed E-state index contributed by atoms with van der Waals surface area (Å²) in [7, 11) is 0. The van der Waals surface area contributed by atoms with Gasteiger partial charge in [-0.25, -0.2) is 0 Å². The first-order valence-electron chi connectivity index (χ1n) is 6.89. The highest BCUT2D eigenvalue weighted by molar-refractivity contribution is 7.71. The number of imidazole rings is 1. The number of hydrogen-bond donors (Lipinski definition) is 1. The number of para-hydroxylation sites is 1. The minimum atomic E-state index is 0.317. The van der Waals surface area contributed by atoms with Crippen molar-refractivity contribution < 1.29 is 4.74 Å². The molecule has 0 bridgehead atoms. The lowest BCUT2D eigenvalue weighted by Gasteiger charge is -2.08. The second-order valence-electron chi connectivity index (χ2n) is 5.18. The predicted molar refractivity (Wildman–Crippen MR) is 82.2 cm³/mol. The molecule has 0 aliphatic carbocycles. The second-order valence-corrected chi connectivity index (χ2v) is 5.57. The summed E-state index contributed by atoms with van der Waals surface area (Å²) in [6.07, 6.45) is 2.47. The van der Waals surface area contributed by atoms with Gasteiger partial charge in [-0.1, -0.05) is 12.1 Å². The first-order valence-corrected chi connectivity index (χ1v) is 7.30. The first kappa shape index (κ1) is 14.3. The molecule has 1 heterocycles. The molecular formula is C15H22N2OS. The molecule has 0 aliphatic heterocycles. The smallest absolute Gasteiger partial charge is 0.178 e. The Balaban J connectivity index is 2.04. The van der Waals surface area contributed by atoms with E-state index in [1.807, 2.05) is 0 Å². The number of aryl methyl sites for hydroxylation is 2. The molecule has 0 saturated carbocycles. The van der Waals surface area contributed by atoms with Gasteiger partial charge < -0.3 is 14.3 Å². The maximum atomic E-state index is 5.56. The molecule has 0 unspecified atom stereocenters. The standard InChI is InChI=1S/C15H22N2OS/c1-11(2)18-10-5-4-9-17-14-12(3)7-6-8-13(14)16-15(17)19/h6-8,11H,4-5,9-10H2,1-3H3,(H,16,19). The van der Waals surface area contributed by atoms with Gasteiger partial charge in [-0.3, -0.25) is 0 Å². The van der Waals surface area contributed by atoms with Crippen molar-refractivity contribution >= 4 is 23.3 Å². The molecule has 0 amide bonds. The van der Waals surface area contributed by atoms with Gasteiger partial charge in [0, 0.05) is 13.2 Å². The zero-order valence-electron chi connectivity index (χ0n) is 11.9. The highest BCUT2D eigenvalue weighted by Gasteiger charge is 2.06. The second kappa shape index (κ2) is 6.35. The Labute approximate surface area is 119 Å². The Morgan fingerprint density at radius 3 is 2.84 bits per heavy atom. The summed E-state index contributed by atoms with van der Waals surface area (Å²) >= 11 is 5.41. The van der Waals surface area contributed by atoms with Crippen molar-refractivity contribution in [1.82, 2.24) is 9.55 Å². The molecule has 0 aliphatic rings. The number of rotatable bonds is 6. The largest absolute Gasteiger partial charge is 0.379 e. The van der Waals surface area contributed by atoms with E-state index in [0.717, 1.165) is 36.3 Å². The minimum Gasteiger partial charge on any atom is -0.379 e. The fourth-order valence-corrected chi connectivity index (χ4v) is 2.60. The fraction of sp³-hybridized carbons (Fsp3) is 0.533. The van der Waals surface area contributed by atoms with Gasteiger partial charge in [0.05, 0.1) is 17.1 Å². The van der Waals surface area contributed by atoms with E-state index in [0.29, 0.717) is 6.10 Å². The van der Waals surface area contributed by atoms with Gasteiger partial charge in [0.15, 0.2) is 4.77 Å². The predicted octanol–water partition coefficient (Wildman–Crippen LogP) is 4.21. The highest BCUT2D eigenvalue weighted by Crippen LogP contribution is 2.18. The Bertz CT molecular complexity index is 598. The molecule has 0 atom stereocenters. The lowest BCUT2D eigenvalue weighted by atomic mass is 10.2. The van der Waals surface area contributed by atoms with E-state index < -0.39 is 0 Å². The van der Waals surface area contributed by atoms with Crippen LogP contribution >= 0.6 is 12.2 Å². The van der Waals surface area contributed by atoms with Crippen molar-refractivity contribution in [2.24, 2.45) is 0 Å². The van der Waals surface area contributed by atoms with Crippen LogP contribution < -0.4 is 0 Å². The summed E-state index contributed by atoms with van der Waals surface area (Å²) < 4.78 is 8.58. The van der Waals surface area contributed by atoms with Crippen LogP contribution in [0.5, 0.6) is 0 Å². The summed E-state index contributed by atoms with van der Waals surface area (Å²) in [6.45, 7) is 8.04. The van der Waals surface area contributed by atoms with Crippen molar-refractivity contribution in [2.75, 3.05) is 6.61 Å². The summed E-state index contributed by atoms with van der Waals surface area (Å²) in [4.78, 5) is 3.27. The van der Waals surface area contributed by atoms with Gasteiger partial charge in [0.2, 0.25) is 0 Å². The number of aromatic amines is 1. The number of H-pyrrole nitrogens is 1. The third-order valence-corrected chi connectivity index (χ3v) is 3.54. The van der Waals surface area contributed by atoms with E-state index in [9.17, 15) is 0 Å². The molecule has 0 spiro atoms. The number of fused-ring (bicyclic) bond motifs is 1. The van der Waals surface area contributed by atoms with Crippen LogP contribution in [0.3, 0.4) is 0 Å². The summed E-state index contributed by atoms with van der Waals surface area (Å²) in [5, 5.41) is 0. The van der Waals surface area contributed by atoms with Crippen LogP contribution in [0.15, 0.2) is 18.2 Å². The number of hydrogen-bond acceptors (Lipinski definition) is 2. The van der Waals surface area contributed by atoms with Crippen LogP contribution in [0.1, 0.15) is 32.3 Å². The molecule has 4 heteroatoms. The lowest BCUT2D eigenvalue weighted by molar-refractivity contribution is 0.0755. The molecule has 0 saturated heterocycles. The van der Waals surface area contributed by atoms with Gasteiger partial charge >= 0.3 is 0 Å². The molecule has 2 aromatic rings. The van der Waals surface area contributed by atoms with Crippen LogP contribution in [-0.4, -0.2) is 22.3 Å². The number of benzene rings is 1. The van der Waals surface area contributed by atoms with E-state index in [1.54, 1.807) is 0 Å². The molecule has 2 rings (SSSR count). The Morgan fingerprint density at radius 1 is 1.32 bits per heavy atom. The molecule has 104 valence electrons. The van der Waals surface area contributed by atoms with Crippen LogP contribution in [-0.2, 0) is 11.3 Å². The van der Waals surface area contributed by atoms with Crippen molar-refractivity contribution in [3.05, 3.63) is 28.5 Å². The third-order valence-electron chi connectivity index (χ3n) is 3.22. The maximum Gasteiger partial charge on any atom is 0.178 e. The van der Waals surface area contributed by atoms with Crippen molar-refractivity contribution in [1.29, 1.82) is 0 Å². The first-order chi connectivity index (χ1) is 9.09. The van der Waals surface area contributed by atoms with Crippen molar-refractivity contribution in [3.63, 3.8) is 0 Å². The number of ether oxygens (including phenoxy) is 1. The molecule has 1 N–H and O–H groups in total. The maximum absolute atomic E-state index is 5.56. The van der Waals surface area contributed by atoms with Crippen molar-refractivity contribution in [2.45, 2.75) is 46.3 Å². The van der Waals surface area contributed by atoms with Gasteiger partial charge in [-0.15, -0.1) is 0 Å².